The lowest BCUT2D eigenvalue weighted by atomic mass is 10.1. The number of hydrogen-bond acceptors (Lipinski definition) is 3. The third-order valence-corrected chi connectivity index (χ3v) is 3.26. The number of aliphatic hydroxyl groups is 1. The van der Waals surface area contributed by atoms with E-state index in [-0.39, 0.29) is 6.42 Å². The van der Waals surface area contributed by atoms with Crippen LogP contribution in [0.15, 0.2) is 60.7 Å². The molecule has 130 valence electrons. The van der Waals surface area contributed by atoms with Crippen molar-refractivity contribution in [3.05, 3.63) is 71.8 Å². The Morgan fingerprint density at radius 3 is 1.92 bits per heavy atom. The molecular formula is C21H28O3. The van der Waals surface area contributed by atoms with Crippen molar-refractivity contribution in [3.8, 4) is 0 Å². The van der Waals surface area contributed by atoms with Gasteiger partial charge in [-0.15, -0.1) is 0 Å². The summed E-state index contributed by atoms with van der Waals surface area (Å²) in [5.41, 5.74) is 2.13. The van der Waals surface area contributed by atoms with Gasteiger partial charge in [0.1, 0.15) is 0 Å². The first-order valence-electron chi connectivity index (χ1n) is 9.97. The molecule has 0 aromatic heterocycles. The molecule has 2 aromatic rings. The van der Waals surface area contributed by atoms with Crippen molar-refractivity contribution in [1.29, 1.82) is 0 Å². The summed E-state index contributed by atoms with van der Waals surface area (Å²) in [7, 11) is 1.20. The van der Waals surface area contributed by atoms with Crippen LogP contribution in [0.5, 0.6) is 0 Å². The number of aryl methyl sites for hydroxylation is 2. The molecule has 0 amide bonds. The van der Waals surface area contributed by atoms with Crippen LogP contribution in [0.2, 0.25) is 0 Å². The minimum absolute atomic E-state index is 0.143. The van der Waals surface area contributed by atoms with Gasteiger partial charge in [0.2, 0.25) is 0 Å². The van der Waals surface area contributed by atoms with E-state index in [2.05, 4.69) is 4.74 Å². The molecule has 0 aliphatic heterocycles. The first-order chi connectivity index (χ1) is 13.2. The second kappa shape index (κ2) is 13.3. The van der Waals surface area contributed by atoms with Crippen LogP contribution < -0.4 is 0 Å². The second-order valence-corrected chi connectivity index (χ2v) is 5.05. The highest BCUT2D eigenvalue weighted by atomic mass is 16.5. The van der Waals surface area contributed by atoms with Gasteiger partial charge in [-0.2, -0.15) is 0 Å². The van der Waals surface area contributed by atoms with Crippen LogP contribution in [-0.4, -0.2) is 24.8 Å². The molecular weight excluding hydrogens is 300 g/mol. The van der Waals surface area contributed by atoms with E-state index >= 15 is 0 Å². The summed E-state index contributed by atoms with van der Waals surface area (Å²) in [6.07, 6.45) is -1.63. The zero-order valence-corrected chi connectivity index (χ0v) is 14.1. The fourth-order valence-corrected chi connectivity index (χ4v) is 1.98. The average molecular weight is 332 g/mol. The zero-order chi connectivity index (χ0) is 21.0. The minimum Gasteiger partial charge on any atom is -0.469 e. The van der Waals surface area contributed by atoms with Crippen molar-refractivity contribution in [2.24, 2.45) is 0 Å². The number of hydrogen-bond donors (Lipinski definition) is 1. The lowest BCUT2D eigenvalue weighted by molar-refractivity contribution is -0.140. The first-order valence-corrected chi connectivity index (χ1v) is 7.97. The molecule has 0 aliphatic carbocycles. The van der Waals surface area contributed by atoms with Gasteiger partial charge in [0, 0.05) is 18.5 Å². The number of rotatable bonds is 8. The molecule has 0 heterocycles. The van der Waals surface area contributed by atoms with E-state index in [1.54, 1.807) is 0 Å². The smallest absolute Gasteiger partial charge is 0.305 e. The standard InChI is InChI=1S/C11H14O2.C10H14O/c1-13-11(12)9-5-8-10-6-3-2-4-7-10;11-9-5-4-8-10-6-2-1-3-7-10/h2-4,6-7H,5,8-9H2,1H3;1-3,6-7,11H,4-5,8-9H2/i9D2;5D2. The highest BCUT2D eigenvalue weighted by molar-refractivity contribution is 5.69. The van der Waals surface area contributed by atoms with E-state index in [0.717, 1.165) is 11.1 Å². The van der Waals surface area contributed by atoms with Gasteiger partial charge in [0.25, 0.3) is 0 Å². The van der Waals surface area contributed by atoms with Crippen molar-refractivity contribution < 1.29 is 20.1 Å². The van der Waals surface area contributed by atoms with Crippen molar-refractivity contribution in [2.75, 3.05) is 13.7 Å². The van der Waals surface area contributed by atoms with Gasteiger partial charge in [0.05, 0.1) is 7.11 Å². The van der Waals surface area contributed by atoms with Crippen LogP contribution in [0, 0.1) is 0 Å². The molecule has 0 saturated carbocycles. The van der Waals surface area contributed by atoms with Gasteiger partial charge in [-0.25, -0.2) is 0 Å². The minimum atomic E-state index is -1.90. The van der Waals surface area contributed by atoms with Crippen molar-refractivity contribution >= 4 is 5.97 Å². The monoisotopic (exact) mass is 332 g/mol. The fraction of sp³-hybridized carbons (Fsp3) is 0.381. The van der Waals surface area contributed by atoms with Crippen molar-refractivity contribution in [2.45, 2.75) is 38.4 Å². The maximum atomic E-state index is 11.1. The number of methoxy groups -OCH3 is 1. The molecule has 0 saturated heterocycles. The summed E-state index contributed by atoms with van der Waals surface area (Å²) >= 11 is 0. The Hall–Kier alpha value is -2.13. The van der Waals surface area contributed by atoms with E-state index < -0.39 is 25.3 Å². The third-order valence-electron chi connectivity index (χ3n) is 3.26. The van der Waals surface area contributed by atoms with E-state index in [1.165, 1.54) is 7.11 Å². The summed E-state index contributed by atoms with van der Waals surface area (Å²) < 4.78 is 34.0. The Morgan fingerprint density at radius 1 is 0.958 bits per heavy atom. The van der Waals surface area contributed by atoms with Gasteiger partial charge in [-0.1, -0.05) is 60.7 Å². The SMILES string of the molecule is [2H]C([2H])(CCc1ccccc1)C(=O)OC.[2H]C([2H])(CO)CCc1ccccc1. The van der Waals surface area contributed by atoms with E-state index in [9.17, 15) is 4.79 Å². The number of carbonyl (C=O) groups is 1. The summed E-state index contributed by atoms with van der Waals surface area (Å²) in [5, 5.41) is 8.70. The topological polar surface area (TPSA) is 46.5 Å². The summed E-state index contributed by atoms with van der Waals surface area (Å²) in [6.45, 7) is -0.403. The van der Waals surface area contributed by atoms with Crippen LogP contribution >= 0.6 is 0 Å². The number of esters is 1. The van der Waals surface area contributed by atoms with Crippen LogP contribution in [-0.2, 0) is 22.4 Å². The fourth-order valence-electron chi connectivity index (χ4n) is 1.98. The Balaban J connectivity index is 0.000000283. The number of aliphatic hydroxyl groups excluding tert-OH is 1. The Kier molecular flexibility index (Phi) is 7.90. The van der Waals surface area contributed by atoms with Crippen molar-refractivity contribution in [1.82, 2.24) is 0 Å². The normalized spacial score (nSPS) is 13.4. The zero-order valence-electron chi connectivity index (χ0n) is 18.1. The highest BCUT2D eigenvalue weighted by Crippen LogP contribution is 2.05. The molecule has 1 N–H and O–H groups in total. The molecule has 0 spiro atoms. The summed E-state index contributed by atoms with van der Waals surface area (Å²) in [6, 6.07) is 19.2. The van der Waals surface area contributed by atoms with Crippen LogP contribution in [0.3, 0.4) is 0 Å². The predicted octanol–water partition coefficient (Wildman–Crippen LogP) is 4.18. The summed E-state index contributed by atoms with van der Waals surface area (Å²) in [4.78, 5) is 11.1. The van der Waals surface area contributed by atoms with Crippen LogP contribution in [0.4, 0.5) is 0 Å². The van der Waals surface area contributed by atoms with Gasteiger partial charge in [-0.05, 0) is 43.2 Å². The Morgan fingerprint density at radius 2 is 1.46 bits per heavy atom. The summed E-state index contributed by atoms with van der Waals surface area (Å²) in [5.74, 6) is -0.807. The van der Waals surface area contributed by atoms with E-state index in [1.807, 2.05) is 60.7 Å². The Labute approximate surface area is 150 Å². The molecule has 2 rings (SSSR count). The maximum Gasteiger partial charge on any atom is 0.305 e. The molecule has 2 aromatic carbocycles. The van der Waals surface area contributed by atoms with Crippen LogP contribution in [0.1, 0.15) is 42.2 Å². The van der Waals surface area contributed by atoms with E-state index in [4.69, 9.17) is 10.6 Å². The number of ether oxygens (including phenoxy) is 1. The van der Waals surface area contributed by atoms with Gasteiger partial charge >= 0.3 is 5.97 Å². The number of carbonyl (C=O) groups excluding carboxylic acids is 1. The predicted molar refractivity (Wildman–Crippen MR) is 97.9 cm³/mol. The molecule has 0 bridgehead atoms. The second-order valence-electron chi connectivity index (χ2n) is 5.05. The largest absolute Gasteiger partial charge is 0.469 e. The molecule has 0 fully saturated rings. The average Bonchev–Trinajstić information content (AvgIpc) is 2.72. The lowest BCUT2D eigenvalue weighted by Crippen LogP contribution is -2.00. The Bertz CT molecular complexity index is 691. The third kappa shape index (κ3) is 9.80. The molecule has 3 nitrogen and oxygen atoms in total. The molecule has 0 radical (unpaired) electrons. The maximum absolute atomic E-state index is 11.1. The quantitative estimate of drug-likeness (QED) is 0.738. The highest BCUT2D eigenvalue weighted by Gasteiger charge is 1.99. The molecule has 0 unspecified atom stereocenters. The molecule has 0 aliphatic rings. The van der Waals surface area contributed by atoms with Gasteiger partial charge < -0.3 is 9.84 Å². The van der Waals surface area contributed by atoms with E-state index in [0.29, 0.717) is 19.3 Å². The lowest BCUT2D eigenvalue weighted by Gasteiger charge is -1.99. The van der Waals surface area contributed by atoms with Gasteiger partial charge in [-0.3, -0.25) is 4.79 Å². The first kappa shape index (κ1) is 14.2. The number of benzene rings is 2. The van der Waals surface area contributed by atoms with Crippen LogP contribution in [0.25, 0.3) is 0 Å². The molecule has 0 atom stereocenters. The van der Waals surface area contributed by atoms with Gasteiger partial charge in [0.15, 0.2) is 0 Å². The van der Waals surface area contributed by atoms with Crippen molar-refractivity contribution in [3.63, 3.8) is 0 Å². The molecule has 3 heteroatoms. The molecule has 24 heavy (non-hydrogen) atoms.